The summed E-state index contributed by atoms with van der Waals surface area (Å²) in [5.74, 6) is 5.61. The molecule has 0 aliphatic carbocycles. The van der Waals surface area contributed by atoms with Crippen LogP contribution in [-0.2, 0) is 4.74 Å². The van der Waals surface area contributed by atoms with Gasteiger partial charge in [0.1, 0.15) is 0 Å². The second-order valence-electron chi connectivity index (χ2n) is 5.00. The van der Waals surface area contributed by atoms with Crippen molar-refractivity contribution < 1.29 is 14.6 Å². The molecule has 0 spiro atoms. The van der Waals surface area contributed by atoms with E-state index in [0.717, 1.165) is 0 Å². The average molecular weight is 288 g/mol. The Bertz CT molecular complexity index is 562. The second-order valence-corrected chi connectivity index (χ2v) is 5.00. The van der Waals surface area contributed by atoms with Crippen LogP contribution in [0.4, 0.5) is 0 Å². The molecule has 5 nitrogen and oxygen atoms in total. The molecule has 1 aromatic rings. The molecule has 5 heteroatoms. The minimum Gasteiger partial charge on any atom is -0.394 e. The van der Waals surface area contributed by atoms with Gasteiger partial charge in [0.2, 0.25) is 0 Å². The summed E-state index contributed by atoms with van der Waals surface area (Å²) in [5, 5.41) is 9.22. The first kappa shape index (κ1) is 15.5. The Morgan fingerprint density at radius 2 is 2.29 bits per heavy atom. The largest absolute Gasteiger partial charge is 0.394 e. The minimum absolute atomic E-state index is 0.0316. The number of carbonyl (C=O) groups is 1. The van der Waals surface area contributed by atoms with Gasteiger partial charge in [-0.15, -0.1) is 0 Å². The molecule has 21 heavy (non-hydrogen) atoms. The van der Waals surface area contributed by atoms with Crippen molar-refractivity contribution in [2.75, 3.05) is 26.3 Å². The van der Waals surface area contributed by atoms with Crippen molar-refractivity contribution in [3.8, 4) is 11.8 Å². The lowest BCUT2D eigenvalue weighted by Gasteiger charge is -2.37. The zero-order valence-corrected chi connectivity index (χ0v) is 12.1. The molecule has 2 atom stereocenters. The molecule has 0 radical (unpaired) electrons. The van der Waals surface area contributed by atoms with Crippen molar-refractivity contribution in [3.05, 3.63) is 35.4 Å². The highest BCUT2D eigenvalue weighted by atomic mass is 16.5. The number of hydrogen-bond acceptors (Lipinski definition) is 4. The molecule has 1 aliphatic heterocycles. The molecular formula is C16H20N2O3. The van der Waals surface area contributed by atoms with Crippen molar-refractivity contribution in [2.24, 2.45) is 5.73 Å². The van der Waals surface area contributed by atoms with Gasteiger partial charge in [-0.1, -0.05) is 24.0 Å². The molecule has 2 rings (SSSR count). The van der Waals surface area contributed by atoms with Gasteiger partial charge < -0.3 is 20.5 Å². The number of benzene rings is 1. The summed E-state index contributed by atoms with van der Waals surface area (Å²) in [7, 11) is 0. The van der Waals surface area contributed by atoms with Gasteiger partial charge in [-0.3, -0.25) is 4.79 Å². The van der Waals surface area contributed by atoms with Crippen LogP contribution in [0, 0.1) is 11.8 Å². The quantitative estimate of drug-likeness (QED) is 0.763. The van der Waals surface area contributed by atoms with Crippen molar-refractivity contribution >= 4 is 5.91 Å². The van der Waals surface area contributed by atoms with Crippen LogP contribution < -0.4 is 5.73 Å². The van der Waals surface area contributed by atoms with E-state index in [2.05, 4.69) is 11.8 Å². The van der Waals surface area contributed by atoms with Crippen LogP contribution in [0.5, 0.6) is 0 Å². The fourth-order valence-electron chi connectivity index (χ4n) is 2.29. The summed E-state index contributed by atoms with van der Waals surface area (Å²) in [6.07, 6.45) is -0.326. The third-order valence-corrected chi connectivity index (χ3v) is 3.45. The van der Waals surface area contributed by atoms with Gasteiger partial charge in [-0.05, 0) is 19.1 Å². The van der Waals surface area contributed by atoms with Crippen LogP contribution in [0.2, 0.25) is 0 Å². The normalized spacial score (nSPS) is 21.6. The van der Waals surface area contributed by atoms with E-state index in [0.29, 0.717) is 24.3 Å². The molecular weight excluding hydrogens is 268 g/mol. The summed E-state index contributed by atoms with van der Waals surface area (Å²) in [4.78, 5) is 14.5. The Labute approximate surface area is 124 Å². The number of amides is 1. The van der Waals surface area contributed by atoms with Gasteiger partial charge in [-0.2, -0.15) is 0 Å². The van der Waals surface area contributed by atoms with Crippen molar-refractivity contribution in [3.63, 3.8) is 0 Å². The molecule has 1 aromatic carbocycles. The predicted molar refractivity (Wildman–Crippen MR) is 79.7 cm³/mol. The third kappa shape index (κ3) is 3.61. The van der Waals surface area contributed by atoms with E-state index in [4.69, 9.17) is 10.5 Å². The molecule has 0 aromatic heterocycles. The number of morpholine rings is 1. The van der Waals surface area contributed by atoms with E-state index in [9.17, 15) is 9.90 Å². The third-order valence-electron chi connectivity index (χ3n) is 3.45. The number of carbonyl (C=O) groups excluding carboxylic acids is 1. The fourth-order valence-corrected chi connectivity index (χ4v) is 2.29. The first-order chi connectivity index (χ1) is 10.2. The van der Waals surface area contributed by atoms with E-state index in [1.54, 1.807) is 11.0 Å². The SMILES string of the molecule is CC1COC(CO)CN1C(=O)c1ccccc1C#CCN. The first-order valence-electron chi connectivity index (χ1n) is 6.98. The zero-order chi connectivity index (χ0) is 15.2. The van der Waals surface area contributed by atoms with E-state index in [1.165, 1.54) is 0 Å². The molecule has 2 unspecified atom stereocenters. The number of nitrogens with two attached hydrogens (primary N) is 1. The van der Waals surface area contributed by atoms with Crippen LogP contribution in [0.25, 0.3) is 0 Å². The highest BCUT2D eigenvalue weighted by molar-refractivity contribution is 5.97. The fraction of sp³-hybridized carbons (Fsp3) is 0.438. The topological polar surface area (TPSA) is 75.8 Å². The summed E-state index contributed by atoms with van der Waals surface area (Å²) in [6, 6.07) is 7.20. The summed E-state index contributed by atoms with van der Waals surface area (Å²) < 4.78 is 5.46. The number of aliphatic hydroxyl groups excluding tert-OH is 1. The van der Waals surface area contributed by atoms with Crippen molar-refractivity contribution in [1.82, 2.24) is 4.90 Å². The van der Waals surface area contributed by atoms with E-state index >= 15 is 0 Å². The lowest BCUT2D eigenvalue weighted by atomic mass is 10.0. The molecule has 0 saturated carbocycles. The highest BCUT2D eigenvalue weighted by Gasteiger charge is 2.30. The van der Waals surface area contributed by atoms with Gasteiger partial charge in [0.05, 0.1) is 37.5 Å². The standard InChI is InChI=1S/C16H20N2O3/c1-12-11-21-14(10-19)9-18(12)16(20)15-7-3-2-5-13(15)6-4-8-17/h2-3,5,7,12,14,19H,8-11,17H2,1H3. The maximum Gasteiger partial charge on any atom is 0.255 e. The minimum atomic E-state index is -0.326. The number of ether oxygens (including phenoxy) is 1. The van der Waals surface area contributed by atoms with Crippen LogP contribution in [-0.4, -0.2) is 54.4 Å². The zero-order valence-electron chi connectivity index (χ0n) is 12.1. The molecule has 1 aliphatic rings. The molecule has 1 amide bonds. The Balaban J connectivity index is 2.26. The van der Waals surface area contributed by atoms with Gasteiger partial charge in [0.15, 0.2) is 0 Å². The molecule has 1 saturated heterocycles. The Morgan fingerprint density at radius 3 is 3.00 bits per heavy atom. The van der Waals surface area contributed by atoms with Gasteiger partial charge >= 0.3 is 0 Å². The highest BCUT2D eigenvalue weighted by Crippen LogP contribution is 2.17. The predicted octanol–water partition coefficient (Wildman–Crippen LogP) is 0.219. The number of rotatable bonds is 2. The van der Waals surface area contributed by atoms with Gasteiger partial charge in [0, 0.05) is 12.1 Å². The first-order valence-corrected chi connectivity index (χ1v) is 6.98. The molecule has 3 N–H and O–H groups in total. The summed E-state index contributed by atoms with van der Waals surface area (Å²) in [5.41, 5.74) is 6.62. The lowest BCUT2D eigenvalue weighted by Crippen LogP contribution is -2.52. The van der Waals surface area contributed by atoms with E-state index < -0.39 is 0 Å². The molecule has 112 valence electrons. The Hall–Kier alpha value is -1.87. The monoisotopic (exact) mass is 288 g/mol. The van der Waals surface area contributed by atoms with Crippen LogP contribution in [0.1, 0.15) is 22.8 Å². The Kier molecular flexibility index (Phi) is 5.34. The average Bonchev–Trinajstić information content (AvgIpc) is 2.53. The summed E-state index contributed by atoms with van der Waals surface area (Å²) >= 11 is 0. The van der Waals surface area contributed by atoms with E-state index in [1.807, 2.05) is 25.1 Å². The number of hydrogen-bond donors (Lipinski definition) is 2. The smallest absolute Gasteiger partial charge is 0.255 e. The summed E-state index contributed by atoms with van der Waals surface area (Å²) in [6.45, 7) is 2.90. The van der Waals surface area contributed by atoms with Crippen LogP contribution in [0.3, 0.4) is 0 Å². The van der Waals surface area contributed by atoms with Crippen LogP contribution in [0.15, 0.2) is 24.3 Å². The van der Waals surface area contributed by atoms with E-state index in [-0.39, 0.29) is 31.2 Å². The maximum absolute atomic E-state index is 12.7. The van der Waals surface area contributed by atoms with Gasteiger partial charge in [0.25, 0.3) is 5.91 Å². The second kappa shape index (κ2) is 7.23. The maximum atomic E-state index is 12.7. The number of aliphatic hydroxyl groups is 1. The van der Waals surface area contributed by atoms with Crippen molar-refractivity contribution in [2.45, 2.75) is 19.1 Å². The molecule has 0 bridgehead atoms. The van der Waals surface area contributed by atoms with Crippen LogP contribution >= 0.6 is 0 Å². The lowest BCUT2D eigenvalue weighted by molar-refractivity contribution is -0.0667. The van der Waals surface area contributed by atoms with Gasteiger partial charge in [-0.25, -0.2) is 0 Å². The molecule has 1 heterocycles. The Morgan fingerprint density at radius 1 is 1.52 bits per heavy atom. The molecule has 1 fully saturated rings. The number of nitrogens with zero attached hydrogens (tertiary/aromatic N) is 1. The van der Waals surface area contributed by atoms with Crippen molar-refractivity contribution in [1.29, 1.82) is 0 Å².